The summed E-state index contributed by atoms with van der Waals surface area (Å²) < 4.78 is 5.17. The lowest BCUT2D eigenvalue weighted by Crippen LogP contribution is -2.47. The number of aromatic nitrogens is 1. The van der Waals surface area contributed by atoms with E-state index in [1.165, 1.54) is 0 Å². The third-order valence-electron chi connectivity index (χ3n) is 6.06. The van der Waals surface area contributed by atoms with Gasteiger partial charge in [-0.15, -0.1) is 0 Å². The molecule has 2 heterocycles. The van der Waals surface area contributed by atoms with Crippen molar-refractivity contribution >= 4 is 11.8 Å². The second-order valence-corrected chi connectivity index (χ2v) is 8.43. The number of piperazine rings is 1. The van der Waals surface area contributed by atoms with Crippen molar-refractivity contribution in [1.82, 2.24) is 20.1 Å². The van der Waals surface area contributed by atoms with E-state index in [4.69, 9.17) is 4.74 Å². The van der Waals surface area contributed by atoms with E-state index >= 15 is 0 Å². The van der Waals surface area contributed by atoms with Gasteiger partial charge in [-0.25, -0.2) is 4.98 Å². The first-order valence-electron chi connectivity index (χ1n) is 11.5. The Kier molecular flexibility index (Phi) is 7.54. The molecule has 1 aliphatic rings. The molecule has 7 heteroatoms. The van der Waals surface area contributed by atoms with Crippen molar-refractivity contribution in [3.05, 3.63) is 83.6 Å². The van der Waals surface area contributed by atoms with E-state index in [1.54, 1.807) is 13.2 Å². The third-order valence-corrected chi connectivity index (χ3v) is 6.06. The molecule has 4 rings (SSSR count). The number of carbonyl (C=O) groups excluding carboxylic acids is 2. The average molecular weight is 459 g/mol. The Hall–Kier alpha value is -3.71. The Bertz CT molecular complexity index is 1120. The molecule has 1 N–H and O–H groups in total. The molecule has 1 fully saturated rings. The molecule has 0 radical (unpaired) electrons. The van der Waals surface area contributed by atoms with Crippen LogP contribution in [0.25, 0.3) is 11.3 Å². The van der Waals surface area contributed by atoms with Gasteiger partial charge >= 0.3 is 0 Å². The van der Waals surface area contributed by atoms with Gasteiger partial charge in [-0.1, -0.05) is 30.3 Å². The van der Waals surface area contributed by atoms with Crippen LogP contribution in [0, 0.1) is 0 Å². The molecule has 0 bridgehead atoms. The number of amides is 2. The molecule has 0 atom stereocenters. The second-order valence-electron chi connectivity index (χ2n) is 8.43. The number of rotatable bonds is 7. The van der Waals surface area contributed by atoms with Gasteiger partial charge in [0, 0.05) is 43.9 Å². The van der Waals surface area contributed by atoms with Crippen LogP contribution in [-0.2, 0) is 6.42 Å². The molecule has 1 saturated heterocycles. The number of hydrogen-bond acceptors (Lipinski definition) is 5. The molecule has 34 heavy (non-hydrogen) atoms. The van der Waals surface area contributed by atoms with Gasteiger partial charge in [-0.3, -0.25) is 9.59 Å². The largest absolute Gasteiger partial charge is 0.497 e. The lowest BCUT2D eigenvalue weighted by Gasteiger charge is -2.32. The Labute approximate surface area is 200 Å². The number of methoxy groups -OCH3 is 1. The van der Waals surface area contributed by atoms with Crippen LogP contribution in [-0.4, -0.2) is 73.5 Å². The summed E-state index contributed by atoms with van der Waals surface area (Å²) in [6.07, 6.45) is 0.720. The van der Waals surface area contributed by atoms with Crippen molar-refractivity contribution < 1.29 is 14.3 Å². The van der Waals surface area contributed by atoms with Gasteiger partial charge in [-0.05, 0) is 55.4 Å². The molecule has 0 aliphatic carbocycles. The highest BCUT2D eigenvalue weighted by molar-refractivity contribution is 5.95. The van der Waals surface area contributed by atoms with Gasteiger partial charge < -0.3 is 19.9 Å². The summed E-state index contributed by atoms with van der Waals surface area (Å²) in [5.41, 5.74) is 3.71. The maximum absolute atomic E-state index is 12.8. The van der Waals surface area contributed by atoms with Gasteiger partial charge in [0.1, 0.15) is 11.4 Å². The van der Waals surface area contributed by atoms with Crippen LogP contribution in [0.5, 0.6) is 5.75 Å². The Morgan fingerprint density at radius 3 is 2.32 bits per heavy atom. The molecular formula is C27H30N4O3. The zero-order valence-corrected chi connectivity index (χ0v) is 19.7. The monoisotopic (exact) mass is 458 g/mol. The summed E-state index contributed by atoms with van der Waals surface area (Å²) >= 11 is 0. The highest BCUT2D eigenvalue weighted by atomic mass is 16.5. The van der Waals surface area contributed by atoms with Crippen LogP contribution in [0.3, 0.4) is 0 Å². The van der Waals surface area contributed by atoms with E-state index in [1.807, 2.05) is 65.6 Å². The van der Waals surface area contributed by atoms with E-state index in [9.17, 15) is 9.59 Å². The van der Waals surface area contributed by atoms with Gasteiger partial charge in [0.05, 0.1) is 12.8 Å². The smallest absolute Gasteiger partial charge is 0.269 e. The van der Waals surface area contributed by atoms with E-state index in [-0.39, 0.29) is 11.8 Å². The van der Waals surface area contributed by atoms with Crippen LogP contribution in [0.1, 0.15) is 26.4 Å². The van der Waals surface area contributed by atoms with Crippen LogP contribution < -0.4 is 10.1 Å². The van der Waals surface area contributed by atoms with Crippen LogP contribution >= 0.6 is 0 Å². The van der Waals surface area contributed by atoms with E-state index in [2.05, 4.69) is 22.2 Å². The Balaban J connectivity index is 1.35. The number of likely N-dealkylation sites (N-methyl/N-ethyl adjacent to an activating group) is 1. The van der Waals surface area contributed by atoms with Crippen LogP contribution in [0.4, 0.5) is 0 Å². The van der Waals surface area contributed by atoms with Gasteiger partial charge in [0.2, 0.25) is 0 Å². The third kappa shape index (κ3) is 5.80. The lowest BCUT2D eigenvalue weighted by atomic mass is 10.1. The Morgan fingerprint density at radius 1 is 0.941 bits per heavy atom. The minimum absolute atomic E-state index is 0.0533. The first kappa shape index (κ1) is 23.4. The number of nitrogens with zero attached hydrogens (tertiary/aromatic N) is 3. The SMILES string of the molecule is COc1ccc(CCNC(=O)c2cccc(-c3ccc(C(=O)N4CCN(C)CC4)cc3)n2)cc1. The van der Waals surface area contributed by atoms with Crippen molar-refractivity contribution in [1.29, 1.82) is 0 Å². The average Bonchev–Trinajstić information content (AvgIpc) is 2.89. The number of pyridine rings is 1. The minimum atomic E-state index is -0.211. The van der Waals surface area contributed by atoms with Crippen molar-refractivity contribution in [3.8, 4) is 17.0 Å². The summed E-state index contributed by atoms with van der Waals surface area (Å²) in [5.74, 6) is 0.653. The lowest BCUT2D eigenvalue weighted by molar-refractivity contribution is 0.0664. The maximum atomic E-state index is 12.8. The molecule has 1 aliphatic heterocycles. The highest BCUT2D eigenvalue weighted by Gasteiger charge is 2.20. The first-order valence-corrected chi connectivity index (χ1v) is 11.5. The number of nitrogens with one attached hydrogen (secondary N) is 1. The summed E-state index contributed by atoms with van der Waals surface area (Å²) in [6, 6.07) is 20.6. The van der Waals surface area contributed by atoms with E-state index in [0.717, 1.165) is 49.5 Å². The standard InChI is InChI=1S/C27H30N4O3/c1-30-16-18-31(19-17-30)27(33)22-10-8-21(9-11-22)24-4-3-5-25(29-24)26(32)28-15-14-20-6-12-23(34-2)13-7-20/h3-13H,14-19H2,1-2H3,(H,28,32). The quantitative estimate of drug-likeness (QED) is 0.589. The molecule has 176 valence electrons. The first-order chi connectivity index (χ1) is 16.5. The van der Waals surface area contributed by atoms with E-state index < -0.39 is 0 Å². The number of hydrogen-bond donors (Lipinski definition) is 1. The fourth-order valence-electron chi connectivity index (χ4n) is 3.90. The molecular weight excluding hydrogens is 428 g/mol. The zero-order chi connectivity index (χ0) is 23.9. The van der Waals surface area contributed by atoms with Crippen LogP contribution in [0.2, 0.25) is 0 Å². The molecule has 0 spiro atoms. The predicted octanol–water partition coefficient (Wildman–Crippen LogP) is 3.12. The molecule has 1 aromatic heterocycles. The van der Waals surface area contributed by atoms with Gasteiger partial charge in [0.25, 0.3) is 11.8 Å². The summed E-state index contributed by atoms with van der Waals surface area (Å²) in [7, 11) is 3.71. The minimum Gasteiger partial charge on any atom is -0.497 e. The maximum Gasteiger partial charge on any atom is 0.269 e. The van der Waals surface area contributed by atoms with Gasteiger partial charge in [-0.2, -0.15) is 0 Å². The molecule has 3 aromatic rings. The molecule has 7 nitrogen and oxygen atoms in total. The fourth-order valence-corrected chi connectivity index (χ4v) is 3.90. The van der Waals surface area contributed by atoms with Crippen LogP contribution in [0.15, 0.2) is 66.7 Å². The van der Waals surface area contributed by atoms with Crippen molar-refractivity contribution in [2.75, 3.05) is 46.9 Å². The second kappa shape index (κ2) is 10.9. The van der Waals surface area contributed by atoms with Crippen molar-refractivity contribution in [3.63, 3.8) is 0 Å². The fraction of sp³-hybridized carbons (Fsp3) is 0.296. The van der Waals surface area contributed by atoms with Gasteiger partial charge in [0.15, 0.2) is 0 Å². The highest BCUT2D eigenvalue weighted by Crippen LogP contribution is 2.19. The van der Waals surface area contributed by atoms with E-state index in [0.29, 0.717) is 23.5 Å². The molecule has 2 amide bonds. The zero-order valence-electron chi connectivity index (χ0n) is 19.7. The summed E-state index contributed by atoms with van der Waals surface area (Å²) in [4.78, 5) is 34.0. The Morgan fingerprint density at radius 2 is 1.65 bits per heavy atom. The molecule has 0 unspecified atom stereocenters. The molecule has 0 saturated carbocycles. The number of carbonyl (C=O) groups is 2. The normalized spacial score (nSPS) is 14.0. The van der Waals surface area contributed by atoms with Crippen molar-refractivity contribution in [2.45, 2.75) is 6.42 Å². The molecule has 2 aromatic carbocycles. The number of ether oxygens (including phenoxy) is 1. The predicted molar refractivity (Wildman–Crippen MR) is 132 cm³/mol. The summed E-state index contributed by atoms with van der Waals surface area (Å²) in [5, 5.41) is 2.93. The summed E-state index contributed by atoms with van der Waals surface area (Å²) in [6.45, 7) is 3.79. The van der Waals surface area contributed by atoms with Crippen molar-refractivity contribution in [2.24, 2.45) is 0 Å². The topological polar surface area (TPSA) is 74.8 Å². The number of benzene rings is 2.